The van der Waals surface area contributed by atoms with Crippen molar-refractivity contribution < 1.29 is 4.79 Å². The fraction of sp³-hybridized carbons (Fsp3) is 0.286. The summed E-state index contributed by atoms with van der Waals surface area (Å²) in [7, 11) is 0. The van der Waals surface area contributed by atoms with Crippen molar-refractivity contribution in [2.45, 2.75) is 25.2 Å². The molecule has 0 fully saturated rings. The van der Waals surface area contributed by atoms with E-state index in [1.165, 1.54) is 5.56 Å². The minimum absolute atomic E-state index is 0.229. The van der Waals surface area contributed by atoms with Crippen LogP contribution in [0.4, 0.5) is 0 Å². The zero-order valence-corrected chi connectivity index (χ0v) is 12.1. The Morgan fingerprint density at radius 2 is 2.22 bits per heavy atom. The third-order valence-corrected chi connectivity index (χ3v) is 4.31. The zero-order valence-electron chi connectivity index (χ0n) is 10.5. The van der Waals surface area contributed by atoms with E-state index < -0.39 is 0 Å². The topological polar surface area (TPSA) is 30.0 Å². The average molecular weight is 277 g/mol. The van der Waals surface area contributed by atoms with Gasteiger partial charge >= 0.3 is 0 Å². The fourth-order valence-electron chi connectivity index (χ4n) is 1.61. The summed E-state index contributed by atoms with van der Waals surface area (Å²) in [4.78, 5) is 17.3. The lowest BCUT2D eigenvalue weighted by Crippen LogP contribution is -2.05. The van der Waals surface area contributed by atoms with Crippen LogP contribution in [0.2, 0.25) is 0 Å². The van der Waals surface area contributed by atoms with E-state index in [1.807, 2.05) is 24.4 Å². The highest BCUT2D eigenvalue weighted by Gasteiger charge is 2.07. The molecule has 18 heavy (non-hydrogen) atoms. The van der Waals surface area contributed by atoms with Crippen LogP contribution in [0.15, 0.2) is 34.5 Å². The summed E-state index contributed by atoms with van der Waals surface area (Å²) in [6, 6.07) is 8.22. The Labute approximate surface area is 115 Å². The third-order valence-electron chi connectivity index (χ3n) is 2.43. The molecule has 0 aliphatic heterocycles. The summed E-state index contributed by atoms with van der Waals surface area (Å²) < 4.78 is 0. The zero-order chi connectivity index (χ0) is 13.0. The summed E-state index contributed by atoms with van der Waals surface area (Å²) in [5, 5.41) is 2.98. The lowest BCUT2D eigenvalue weighted by molar-refractivity contribution is -0.116. The van der Waals surface area contributed by atoms with Gasteiger partial charge in [-0.05, 0) is 26.0 Å². The van der Waals surface area contributed by atoms with Gasteiger partial charge in [0.25, 0.3) is 0 Å². The molecule has 0 bridgehead atoms. The van der Waals surface area contributed by atoms with Gasteiger partial charge in [0, 0.05) is 10.3 Å². The van der Waals surface area contributed by atoms with Crippen LogP contribution in [0.25, 0.3) is 0 Å². The van der Waals surface area contributed by atoms with Gasteiger partial charge in [-0.25, -0.2) is 4.98 Å². The molecule has 1 heterocycles. The van der Waals surface area contributed by atoms with E-state index in [2.05, 4.69) is 24.0 Å². The normalized spacial score (nSPS) is 10.6. The van der Waals surface area contributed by atoms with Gasteiger partial charge in [0.2, 0.25) is 0 Å². The van der Waals surface area contributed by atoms with Crippen molar-refractivity contribution in [3.05, 3.63) is 45.9 Å². The maximum absolute atomic E-state index is 11.8. The van der Waals surface area contributed by atoms with Gasteiger partial charge in [0.05, 0.1) is 22.9 Å². The Morgan fingerprint density at radius 1 is 1.39 bits per heavy atom. The monoisotopic (exact) mass is 277 g/mol. The molecule has 0 atom stereocenters. The molecule has 1 aromatic carbocycles. The first kappa shape index (κ1) is 13.3. The van der Waals surface area contributed by atoms with Crippen LogP contribution >= 0.6 is 23.1 Å². The number of carbonyl (C=O) groups excluding carboxylic acids is 1. The minimum atomic E-state index is 0.229. The van der Waals surface area contributed by atoms with Gasteiger partial charge in [-0.3, -0.25) is 4.79 Å². The molecule has 2 aromatic rings. The van der Waals surface area contributed by atoms with Crippen molar-refractivity contribution in [2.24, 2.45) is 0 Å². The number of thiazole rings is 1. The molecule has 0 spiro atoms. The number of aryl methyl sites for hydroxylation is 2. The molecule has 0 aliphatic carbocycles. The van der Waals surface area contributed by atoms with E-state index in [-0.39, 0.29) is 5.78 Å². The Bertz CT molecular complexity index is 548. The summed E-state index contributed by atoms with van der Waals surface area (Å²) in [5.74, 6) is 0.742. The predicted octanol–water partition coefficient (Wildman–Crippen LogP) is 3.66. The SMILES string of the molecule is Cc1cccc(SCC(=O)Cc2csc(C)n2)c1. The van der Waals surface area contributed by atoms with Crippen molar-refractivity contribution in [3.63, 3.8) is 0 Å². The molecule has 2 rings (SSSR count). The number of carbonyl (C=O) groups is 1. The van der Waals surface area contributed by atoms with Crippen LogP contribution < -0.4 is 0 Å². The van der Waals surface area contributed by atoms with Crippen molar-refractivity contribution >= 4 is 28.9 Å². The predicted molar refractivity (Wildman–Crippen MR) is 77.5 cm³/mol. The second-order valence-corrected chi connectivity index (χ2v) is 6.29. The number of ketones is 1. The number of benzene rings is 1. The molecule has 0 saturated carbocycles. The fourth-order valence-corrected chi connectivity index (χ4v) is 3.10. The second kappa shape index (κ2) is 6.16. The Balaban J connectivity index is 1.85. The average Bonchev–Trinajstić information content (AvgIpc) is 2.72. The second-order valence-electron chi connectivity index (χ2n) is 4.18. The maximum atomic E-state index is 11.8. The van der Waals surface area contributed by atoms with Gasteiger partial charge in [-0.1, -0.05) is 17.7 Å². The van der Waals surface area contributed by atoms with Crippen LogP contribution in [-0.4, -0.2) is 16.5 Å². The summed E-state index contributed by atoms with van der Waals surface area (Å²) in [6.45, 7) is 4.02. The molecule has 0 radical (unpaired) electrons. The van der Waals surface area contributed by atoms with Crippen molar-refractivity contribution in [3.8, 4) is 0 Å². The minimum Gasteiger partial charge on any atom is -0.298 e. The summed E-state index contributed by atoms with van der Waals surface area (Å²) in [5.41, 5.74) is 2.12. The molecule has 0 amide bonds. The summed E-state index contributed by atoms with van der Waals surface area (Å²) >= 11 is 3.19. The number of rotatable bonds is 5. The van der Waals surface area contributed by atoms with Crippen LogP contribution in [-0.2, 0) is 11.2 Å². The van der Waals surface area contributed by atoms with Crippen LogP contribution in [0.3, 0.4) is 0 Å². The quantitative estimate of drug-likeness (QED) is 0.781. The molecule has 0 saturated heterocycles. The molecule has 2 nitrogen and oxygen atoms in total. The molecule has 0 N–H and O–H groups in total. The Morgan fingerprint density at radius 3 is 2.89 bits per heavy atom. The molecule has 0 aliphatic rings. The number of hydrogen-bond acceptors (Lipinski definition) is 4. The van der Waals surface area contributed by atoms with Gasteiger partial charge < -0.3 is 0 Å². The standard InChI is InChI=1S/C14H15NOS2/c1-10-4-3-5-14(6-10)18-9-13(16)7-12-8-17-11(2)15-12/h3-6,8H,7,9H2,1-2H3. The molecular formula is C14H15NOS2. The van der Waals surface area contributed by atoms with E-state index in [4.69, 9.17) is 0 Å². The molecule has 4 heteroatoms. The molecule has 0 unspecified atom stereocenters. The third kappa shape index (κ3) is 3.96. The molecular weight excluding hydrogens is 262 g/mol. The first-order chi connectivity index (χ1) is 8.63. The van der Waals surface area contributed by atoms with Crippen LogP contribution in [0.1, 0.15) is 16.3 Å². The highest BCUT2D eigenvalue weighted by Crippen LogP contribution is 2.19. The van der Waals surface area contributed by atoms with E-state index in [9.17, 15) is 4.79 Å². The number of aromatic nitrogens is 1. The number of Topliss-reactive ketones (excluding diaryl/α,β-unsaturated/α-hetero) is 1. The van der Waals surface area contributed by atoms with Crippen LogP contribution in [0, 0.1) is 13.8 Å². The van der Waals surface area contributed by atoms with Crippen molar-refractivity contribution in [1.29, 1.82) is 0 Å². The Kier molecular flexibility index (Phi) is 4.55. The lowest BCUT2D eigenvalue weighted by atomic mass is 10.2. The smallest absolute Gasteiger partial charge is 0.149 e. The molecule has 94 valence electrons. The van der Waals surface area contributed by atoms with Crippen molar-refractivity contribution in [2.75, 3.05) is 5.75 Å². The Hall–Kier alpha value is -1.13. The first-order valence-corrected chi connectivity index (χ1v) is 7.62. The van der Waals surface area contributed by atoms with Gasteiger partial charge in [-0.15, -0.1) is 23.1 Å². The number of nitrogens with zero attached hydrogens (tertiary/aromatic N) is 1. The van der Waals surface area contributed by atoms with Gasteiger partial charge in [-0.2, -0.15) is 0 Å². The van der Waals surface area contributed by atoms with E-state index >= 15 is 0 Å². The number of thioether (sulfide) groups is 1. The largest absolute Gasteiger partial charge is 0.298 e. The highest BCUT2D eigenvalue weighted by atomic mass is 32.2. The van der Waals surface area contributed by atoms with Gasteiger partial charge in [0.15, 0.2) is 0 Å². The highest BCUT2D eigenvalue weighted by molar-refractivity contribution is 8.00. The molecule has 1 aromatic heterocycles. The lowest BCUT2D eigenvalue weighted by Gasteiger charge is -2.01. The first-order valence-electron chi connectivity index (χ1n) is 5.75. The maximum Gasteiger partial charge on any atom is 0.149 e. The number of hydrogen-bond donors (Lipinski definition) is 0. The summed E-state index contributed by atoms with van der Waals surface area (Å²) in [6.07, 6.45) is 0.448. The van der Waals surface area contributed by atoms with Gasteiger partial charge in [0.1, 0.15) is 5.78 Å². The van der Waals surface area contributed by atoms with E-state index in [0.717, 1.165) is 15.6 Å². The van der Waals surface area contributed by atoms with Crippen LogP contribution in [0.5, 0.6) is 0 Å². The van der Waals surface area contributed by atoms with Crippen molar-refractivity contribution in [1.82, 2.24) is 4.98 Å². The van der Waals surface area contributed by atoms with E-state index in [1.54, 1.807) is 23.1 Å². The van der Waals surface area contributed by atoms with E-state index in [0.29, 0.717) is 12.2 Å².